The zero-order valence-corrected chi connectivity index (χ0v) is 16.3. The summed E-state index contributed by atoms with van der Waals surface area (Å²) in [4.78, 5) is 7.48. The molecule has 4 nitrogen and oxygen atoms in total. The summed E-state index contributed by atoms with van der Waals surface area (Å²) in [6.45, 7) is 0. The van der Waals surface area contributed by atoms with Crippen LogP contribution < -0.4 is 0 Å². The van der Waals surface area contributed by atoms with Gasteiger partial charge in [0.15, 0.2) is 0 Å². The SMILES string of the molecule is C(=C\c1cc(/C=C/c2ccccc2-c2cccnc2)[nH]n1)/c1ccc2cc[nH]c2c1. The van der Waals surface area contributed by atoms with Gasteiger partial charge in [-0.1, -0.05) is 54.6 Å². The number of aromatic amines is 2. The third-order valence-electron chi connectivity index (χ3n) is 5.02. The molecular formula is C26H20N4. The van der Waals surface area contributed by atoms with E-state index in [9.17, 15) is 0 Å². The van der Waals surface area contributed by atoms with Crippen LogP contribution in [0, 0.1) is 0 Å². The molecule has 30 heavy (non-hydrogen) atoms. The van der Waals surface area contributed by atoms with Gasteiger partial charge >= 0.3 is 0 Å². The molecule has 0 spiro atoms. The standard InChI is InChI=1S/C26H20N4/c1-2-6-25(22-5-3-14-27-18-22)20(4-1)10-12-24-17-23(29-30-24)11-8-19-7-9-21-13-15-28-26(21)16-19/h1-18,28H,(H,29,30)/b11-8+,12-10+. The van der Waals surface area contributed by atoms with Crippen LogP contribution >= 0.6 is 0 Å². The number of nitrogens with one attached hydrogen (secondary N) is 2. The van der Waals surface area contributed by atoms with E-state index >= 15 is 0 Å². The molecule has 0 aliphatic rings. The Kier molecular flexibility index (Phi) is 4.80. The molecule has 0 bridgehead atoms. The molecular weight excluding hydrogens is 368 g/mol. The molecule has 0 saturated heterocycles. The molecule has 2 aromatic carbocycles. The molecule has 3 heterocycles. The lowest BCUT2D eigenvalue weighted by molar-refractivity contribution is 1.07. The Morgan fingerprint density at radius 3 is 2.70 bits per heavy atom. The Bertz CT molecular complexity index is 1340. The number of aromatic nitrogens is 4. The first-order valence-electron chi connectivity index (χ1n) is 9.83. The van der Waals surface area contributed by atoms with Gasteiger partial charge in [0.1, 0.15) is 0 Å². The van der Waals surface area contributed by atoms with Crippen molar-refractivity contribution in [3.63, 3.8) is 0 Å². The summed E-state index contributed by atoms with van der Waals surface area (Å²) in [5.41, 5.74) is 7.51. The fourth-order valence-electron chi connectivity index (χ4n) is 3.48. The molecule has 5 aromatic rings. The van der Waals surface area contributed by atoms with E-state index < -0.39 is 0 Å². The van der Waals surface area contributed by atoms with Crippen LogP contribution in [0.4, 0.5) is 0 Å². The Balaban J connectivity index is 1.34. The molecule has 0 fully saturated rings. The summed E-state index contributed by atoms with van der Waals surface area (Å²) >= 11 is 0. The number of benzene rings is 2. The minimum absolute atomic E-state index is 0.891. The monoisotopic (exact) mass is 388 g/mol. The minimum atomic E-state index is 0.891. The van der Waals surface area contributed by atoms with E-state index in [-0.39, 0.29) is 0 Å². The molecule has 0 aliphatic heterocycles. The normalized spacial score (nSPS) is 11.7. The topological polar surface area (TPSA) is 57.4 Å². The summed E-state index contributed by atoms with van der Waals surface area (Å²) in [7, 11) is 0. The zero-order valence-electron chi connectivity index (χ0n) is 16.3. The average Bonchev–Trinajstić information content (AvgIpc) is 3.46. The van der Waals surface area contributed by atoms with Crippen molar-refractivity contribution in [2.45, 2.75) is 0 Å². The van der Waals surface area contributed by atoms with Crippen molar-refractivity contribution < 1.29 is 0 Å². The first-order chi connectivity index (χ1) is 14.8. The Labute approximate surface area is 174 Å². The van der Waals surface area contributed by atoms with E-state index in [1.807, 2.05) is 48.8 Å². The second-order valence-electron chi connectivity index (χ2n) is 7.07. The van der Waals surface area contributed by atoms with Crippen LogP contribution in [0.1, 0.15) is 22.5 Å². The Morgan fingerprint density at radius 2 is 1.77 bits per heavy atom. The molecule has 5 rings (SSSR count). The second-order valence-corrected chi connectivity index (χ2v) is 7.07. The number of H-pyrrole nitrogens is 2. The lowest BCUT2D eigenvalue weighted by Crippen LogP contribution is -1.83. The Morgan fingerprint density at radius 1 is 0.800 bits per heavy atom. The molecule has 144 valence electrons. The van der Waals surface area contributed by atoms with E-state index in [1.54, 1.807) is 6.20 Å². The molecule has 0 unspecified atom stereocenters. The van der Waals surface area contributed by atoms with Gasteiger partial charge in [-0.05, 0) is 58.5 Å². The quantitative estimate of drug-likeness (QED) is 0.371. The number of rotatable bonds is 5. The largest absolute Gasteiger partial charge is 0.361 e. The van der Waals surface area contributed by atoms with E-state index in [0.29, 0.717) is 0 Å². The van der Waals surface area contributed by atoms with Gasteiger partial charge in [0, 0.05) is 29.7 Å². The number of nitrogens with zero attached hydrogens (tertiary/aromatic N) is 2. The summed E-state index contributed by atoms with van der Waals surface area (Å²) in [6, 6.07) is 22.8. The van der Waals surface area contributed by atoms with Crippen molar-refractivity contribution in [1.82, 2.24) is 20.2 Å². The van der Waals surface area contributed by atoms with E-state index in [1.165, 1.54) is 5.39 Å². The number of fused-ring (bicyclic) bond motifs is 1. The molecule has 3 aromatic heterocycles. The predicted molar refractivity (Wildman–Crippen MR) is 124 cm³/mol. The van der Waals surface area contributed by atoms with E-state index in [4.69, 9.17) is 0 Å². The summed E-state index contributed by atoms with van der Waals surface area (Å²) in [5, 5.41) is 8.70. The van der Waals surface area contributed by atoms with Crippen molar-refractivity contribution in [3.8, 4) is 11.1 Å². The van der Waals surface area contributed by atoms with Crippen molar-refractivity contribution in [2.24, 2.45) is 0 Å². The van der Waals surface area contributed by atoms with Crippen molar-refractivity contribution >= 4 is 35.2 Å². The molecule has 0 aliphatic carbocycles. The van der Waals surface area contributed by atoms with E-state index in [2.05, 4.69) is 74.8 Å². The van der Waals surface area contributed by atoms with Crippen LogP contribution in [-0.4, -0.2) is 20.2 Å². The lowest BCUT2D eigenvalue weighted by atomic mass is 10.0. The van der Waals surface area contributed by atoms with Crippen LogP contribution in [0.15, 0.2) is 85.3 Å². The maximum Gasteiger partial charge on any atom is 0.0854 e. The van der Waals surface area contributed by atoms with Gasteiger partial charge in [0.25, 0.3) is 0 Å². The van der Waals surface area contributed by atoms with Gasteiger partial charge in [-0.25, -0.2) is 0 Å². The molecule has 0 atom stereocenters. The van der Waals surface area contributed by atoms with Gasteiger partial charge in [-0.3, -0.25) is 10.1 Å². The summed E-state index contributed by atoms with van der Waals surface area (Å²) < 4.78 is 0. The van der Waals surface area contributed by atoms with Gasteiger partial charge in [-0.15, -0.1) is 0 Å². The highest BCUT2D eigenvalue weighted by molar-refractivity contribution is 5.84. The minimum Gasteiger partial charge on any atom is -0.361 e. The summed E-state index contributed by atoms with van der Waals surface area (Å²) in [5.74, 6) is 0. The van der Waals surface area contributed by atoms with Crippen LogP contribution in [0.25, 0.3) is 46.3 Å². The van der Waals surface area contributed by atoms with E-state index in [0.717, 1.165) is 39.2 Å². The fourth-order valence-corrected chi connectivity index (χ4v) is 3.48. The van der Waals surface area contributed by atoms with Crippen LogP contribution in [0.5, 0.6) is 0 Å². The molecule has 2 N–H and O–H groups in total. The Hall–Kier alpha value is -4.18. The maximum absolute atomic E-state index is 4.40. The van der Waals surface area contributed by atoms with Gasteiger partial charge in [0.05, 0.1) is 11.4 Å². The highest BCUT2D eigenvalue weighted by Crippen LogP contribution is 2.24. The van der Waals surface area contributed by atoms with Gasteiger partial charge < -0.3 is 4.98 Å². The van der Waals surface area contributed by atoms with Crippen molar-refractivity contribution in [2.75, 3.05) is 0 Å². The van der Waals surface area contributed by atoms with Gasteiger partial charge in [-0.2, -0.15) is 5.10 Å². The first kappa shape index (κ1) is 17.9. The first-order valence-corrected chi connectivity index (χ1v) is 9.83. The maximum atomic E-state index is 4.40. The molecule has 4 heteroatoms. The zero-order chi connectivity index (χ0) is 20.2. The number of hydrogen-bond acceptors (Lipinski definition) is 2. The van der Waals surface area contributed by atoms with Gasteiger partial charge in [0.2, 0.25) is 0 Å². The third-order valence-corrected chi connectivity index (χ3v) is 5.02. The molecule has 0 radical (unpaired) electrons. The highest BCUT2D eigenvalue weighted by Gasteiger charge is 2.02. The molecule has 0 amide bonds. The third kappa shape index (κ3) is 3.84. The van der Waals surface area contributed by atoms with Crippen LogP contribution in [0.3, 0.4) is 0 Å². The molecule has 0 saturated carbocycles. The average molecular weight is 388 g/mol. The van der Waals surface area contributed by atoms with Crippen molar-refractivity contribution in [1.29, 1.82) is 0 Å². The smallest absolute Gasteiger partial charge is 0.0854 e. The van der Waals surface area contributed by atoms with Crippen molar-refractivity contribution in [3.05, 3.63) is 108 Å². The predicted octanol–water partition coefficient (Wildman–Crippen LogP) is 6.29. The fraction of sp³-hybridized carbons (Fsp3) is 0. The van der Waals surface area contributed by atoms with Crippen LogP contribution in [0.2, 0.25) is 0 Å². The second kappa shape index (κ2) is 8.05. The summed E-state index contributed by atoms with van der Waals surface area (Å²) in [6.07, 6.45) is 13.9. The highest BCUT2D eigenvalue weighted by atomic mass is 15.1. The number of pyridine rings is 1. The lowest BCUT2D eigenvalue weighted by Gasteiger charge is -2.05. The van der Waals surface area contributed by atoms with Crippen LogP contribution in [-0.2, 0) is 0 Å². The number of hydrogen-bond donors (Lipinski definition) is 2.